The Balaban J connectivity index is 1.65. The molecule has 0 amide bonds. The highest BCUT2D eigenvalue weighted by molar-refractivity contribution is 6.32. The molecule has 4 rings (SSSR count). The lowest BCUT2D eigenvalue weighted by Crippen LogP contribution is -2.00. The van der Waals surface area contributed by atoms with Gasteiger partial charge < -0.3 is 4.74 Å². The van der Waals surface area contributed by atoms with E-state index in [1.54, 1.807) is 23.1 Å². The Morgan fingerprint density at radius 1 is 1.35 bits per heavy atom. The zero-order valence-electron chi connectivity index (χ0n) is 12.6. The third-order valence-electron chi connectivity index (χ3n) is 3.68. The van der Waals surface area contributed by atoms with Crippen LogP contribution in [-0.4, -0.2) is 36.1 Å². The summed E-state index contributed by atoms with van der Waals surface area (Å²) in [5, 5.41) is 8.83. The van der Waals surface area contributed by atoms with E-state index < -0.39 is 0 Å². The first-order valence-electron chi connectivity index (χ1n) is 7.51. The number of hydrogen-bond acceptors (Lipinski definition) is 5. The van der Waals surface area contributed by atoms with Gasteiger partial charge in [0.1, 0.15) is 10.8 Å². The topological polar surface area (TPSA) is 70.7 Å². The molecule has 0 atom stereocenters. The second-order valence-electron chi connectivity index (χ2n) is 5.36. The number of halogens is 1. The number of pyridine rings is 1. The van der Waals surface area contributed by atoms with Crippen molar-refractivity contribution in [3.8, 4) is 17.4 Å². The van der Waals surface area contributed by atoms with E-state index in [-0.39, 0.29) is 0 Å². The average Bonchev–Trinajstić information content (AvgIpc) is 3.09. The molecule has 0 saturated heterocycles. The summed E-state index contributed by atoms with van der Waals surface area (Å²) < 4.78 is 8.96. The zero-order valence-corrected chi connectivity index (χ0v) is 13.3. The van der Waals surface area contributed by atoms with E-state index >= 15 is 0 Å². The maximum absolute atomic E-state index is 6.18. The summed E-state index contributed by atoms with van der Waals surface area (Å²) in [4.78, 5) is 8.63. The van der Waals surface area contributed by atoms with Crippen molar-refractivity contribution in [3.05, 3.63) is 41.7 Å². The highest BCUT2D eigenvalue weighted by Gasteiger charge is 2.28. The number of imidazole rings is 1. The van der Waals surface area contributed by atoms with Crippen molar-refractivity contribution in [2.75, 3.05) is 6.61 Å². The monoisotopic (exact) mass is 330 g/mol. The fourth-order valence-electron chi connectivity index (χ4n) is 2.43. The molecule has 3 aromatic rings. The molecule has 0 bridgehead atoms. The summed E-state index contributed by atoms with van der Waals surface area (Å²) in [6, 6.07) is 1.76. The standard InChI is InChI=1S/C15H15ClN6O/c1-2-23-15-12(16)7-11(8-18-15)22-9-13(19-20-22)21-6-5-17-14(21)10-3-4-10/h5-10H,2-4H2,1H3. The van der Waals surface area contributed by atoms with Crippen molar-refractivity contribution in [2.45, 2.75) is 25.7 Å². The molecule has 8 heteroatoms. The van der Waals surface area contributed by atoms with E-state index in [1.165, 1.54) is 12.8 Å². The summed E-state index contributed by atoms with van der Waals surface area (Å²) >= 11 is 6.18. The predicted molar refractivity (Wildman–Crippen MR) is 84.4 cm³/mol. The number of nitrogens with zero attached hydrogens (tertiary/aromatic N) is 6. The summed E-state index contributed by atoms with van der Waals surface area (Å²) in [7, 11) is 0. The summed E-state index contributed by atoms with van der Waals surface area (Å²) in [6.45, 7) is 2.41. The second-order valence-corrected chi connectivity index (χ2v) is 5.77. The van der Waals surface area contributed by atoms with Crippen LogP contribution in [0.25, 0.3) is 11.5 Å². The molecule has 0 N–H and O–H groups in total. The smallest absolute Gasteiger partial charge is 0.232 e. The normalized spacial score (nSPS) is 14.2. The quantitative estimate of drug-likeness (QED) is 0.719. The Kier molecular flexibility index (Phi) is 3.49. The highest BCUT2D eigenvalue weighted by atomic mass is 35.5. The molecule has 1 aliphatic carbocycles. The minimum atomic E-state index is 0.420. The number of aromatic nitrogens is 6. The third kappa shape index (κ3) is 2.68. The van der Waals surface area contributed by atoms with Crippen LogP contribution in [0.3, 0.4) is 0 Å². The third-order valence-corrected chi connectivity index (χ3v) is 3.95. The van der Waals surface area contributed by atoms with Crippen LogP contribution in [-0.2, 0) is 0 Å². The van der Waals surface area contributed by atoms with Gasteiger partial charge in [-0.05, 0) is 25.8 Å². The molecule has 7 nitrogen and oxygen atoms in total. The molecule has 0 spiro atoms. The molecular formula is C15H15ClN6O. The van der Waals surface area contributed by atoms with Gasteiger partial charge in [-0.1, -0.05) is 16.8 Å². The first-order valence-corrected chi connectivity index (χ1v) is 7.88. The van der Waals surface area contributed by atoms with E-state index in [0.29, 0.717) is 23.4 Å². The van der Waals surface area contributed by atoms with Crippen LogP contribution >= 0.6 is 11.6 Å². The first-order chi connectivity index (χ1) is 11.3. The van der Waals surface area contributed by atoms with Gasteiger partial charge in [0, 0.05) is 18.3 Å². The van der Waals surface area contributed by atoms with Crippen LogP contribution in [0.2, 0.25) is 5.02 Å². The van der Waals surface area contributed by atoms with Gasteiger partial charge in [0.15, 0.2) is 5.82 Å². The van der Waals surface area contributed by atoms with Gasteiger partial charge in [0.25, 0.3) is 0 Å². The van der Waals surface area contributed by atoms with Gasteiger partial charge in [-0.25, -0.2) is 14.6 Å². The fraction of sp³-hybridized carbons (Fsp3) is 0.333. The van der Waals surface area contributed by atoms with E-state index in [9.17, 15) is 0 Å². The molecule has 1 fully saturated rings. The summed E-state index contributed by atoms with van der Waals surface area (Å²) in [5.74, 6) is 2.73. The Labute approximate surface area is 137 Å². The maximum atomic E-state index is 6.18. The Morgan fingerprint density at radius 2 is 2.22 bits per heavy atom. The number of hydrogen-bond donors (Lipinski definition) is 0. The van der Waals surface area contributed by atoms with Crippen molar-refractivity contribution >= 4 is 11.6 Å². The van der Waals surface area contributed by atoms with E-state index in [1.807, 2.05) is 23.9 Å². The van der Waals surface area contributed by atoms with Gasteiger partial charge in [-0.3, -0.25) is 4.57 Å². The average molecular weight is 331 g/mol. The molecule has 23 heavy (non-hydrogen) atoms. The fourth-order valence-corrected chi connectivity index (χ4v) is 2.64. The Hall–Kier alpha value is -2.41. The lowest BCUT2D eigenvalue weighted by atomic mass is 10.4. The first kappa shape index (κ1) is 14.2. The summed E-state index contributed by atoms with van der Waals surface area (Å²) in [5.41, 5.74) is 0.727. The molecule has 3 aromatic heterocycles. The van der Waals surface area contributed by atoms with Gasteiger partial charge in [-0.15, -0.1) is 5.10 Å². The molecule has 1 aliphatic rings. The van der Waals surface area contributed by atoms with E-state index in [0.717, 1.165) is 17.3 Å². The van der Waals surface area contributed by atoms with Crippen molar-refractivity contribution in [1.82, 2.24) is 29.5 Å². The minimum absolute atomic E-state index is 0.420. The molecule has 0 unspecified atom stereocenters. The maximum Gasteiger partial charge on any atom is 0.232 e. The molecule has 0 radical (unpaired) electrons. The zero-order chi connectivity index (χ0) is 15.8. The molecular weight excluding hydrogens is 316 g/mol. The van der Waals surface area contributed by atoms with Crippen LogP contribution in [0.15, 0.2) is 30.9 Å². The molecule has 3 heterocycles. The number of ether oxygens (including phenoxy) is 1. The molecule has 118 valence electrons. The Morgan fingerprint density at radius 3 is 2.96 bits per heavy atom. The number of rotatable bonds is 5. The van der Waals surface area contributed by atoms with Gasteiger partial charge in [0.05, 0.1) is 24.7 Å². The van der Waals surface area contributed by atoms with Gasteiger partial charge in [-0.2, -0.15) is 0 Å². The Bertz CT molecular complexity index is 838. The van der Waals surface area contributed by atoms with Crippen LogP contribution in [0, 0.1) is 0 Å². The largest absolute Gasteiger partial charge is 0.477 e. The SMILES string of the molecule is CCOc1ncc(-n2cc(-n3ccnc3C3CC3)nn2)cc1Cl. The van der Waals surface area contributed by atoms with Crippen LogP contribution in [0.1, 0.15) is 31.5 Å². The van der Waals surface area contributed by atoms with Crippen LogP contribution in [0.4, 0.5) is 0 Å². The van der Waals surface area contributed by atoms with Crippen LogP contribution < -0.4 is 4.74 Å². The van der Waals surface area contributed by atoms with Crippen LogP contribution in [0.5, 0.6) is 5.88 Å². The second kappa shape index (κ2) is 5.66. The van der Waals surface area contributed by atoms with E-state index in [4.69, 9.17) is 16.3 Å². The predicted octanol–water partition coefficient (Wildman–Crippen LogP) is 2.78. The lowest BCUT2D eigenvalue weighted by molar-refractivity contribution is 0.327. The minimum Gasteiger partial charge on any atom is -0.477 e. The van der Waals surface area contributed by atoms with Crippen molar-refractivity contribution in [1.29, 1.82) is 0 Å². The van der Waals surface area contributed by atoms with Gasteiger partial charge in [0.2, 0.25) is 5.88 Å². The molecule has 1 saturated carbocycles. The van der Waals surface area contributed by atoms with Crippen molar-refractivity contribution in [2.24, 2.45) is 0 Å². The highest BCUT2D eigenvalue weighted by Crippen LogP contribution is 2.39. The molecule has 0 aromatic carbocycles. The summed E-state index contributed by atoms with van der Waals surface area (Å²) in [6.07, 6.45) is 9.56. The van der Waals surface area contributed by atoms with Crippen molar-refractivity contribution in [3.63, 3.8) is 0 Å². The lowest BCUT2D eigenvalue weighted by Gasteiger charge is -2.06. The molecule has 0 aliphatic heterocycles. The van der Waals surface area contributed by atoms with E-state index in [2.05, 4.69) is 20.3 Å². The van der Waals surface area contributed by atoms with Crippen molar-refractivity contribution < 1.29 is 4.74 Å². The van der Waals surface area contributed by atoms with Gasteiger partial charge >= 0.3 is 0 Å².